The Morgan fingerprint density at radius 3 is 2.31 bits per heavy atom. The zero-order chi connectivity index (χ0) is 19.4. The van der Waals surface area contributed by atoms with Crippen molar-refractivity contribution in [2.75, 3.05) is 38.2 Å². The van der Waals surface area contributed by atoms with Gasteiger partial charge < -0.3 is 19.7 Å². The van der Waals surface area contributed by atoms with Crippen LogP contribution in [-0.4, -0.2) is 49.3 Å². The summed E-state index contributed by atoms with van der Waals surface area (Å²) < 4.78 is 11.5. The molecule has 0 aliphatic heterocycles. The number of likely N-dealkylation sites (N-methyl/N-ethyl adjacent to an activating group) is 1. The number of nitrogens with zero attached hydrogens (tertiary/aromatic N) is 1. The predicted octanol–water partition coefficient (Wildman–Crippen LogP) is 4.33. The van der Waals surface area contributed by atoms with Crippen LogP contribution in [0.2, 0.25) is 0 Å². The van der Waals surface area contributed by atoms with E-state index >= 15 is 0 Å². The van der Waals surface area contributed by atoms with Crippen molar-refractivity contribution in [2.24, 2.45) is 0 Å². The highest BCUT2D eigenvalue weighted by Crippen LogP contribution is 2.23. The third kappa shape index (κ3) is 7.34. The van der Waals surface area contributed by atoms with Crippen molar-refractivity contribution >= 4 is 11.6 Å². The Morgan fingerprint density at radius 1 is 1.12 bits per heavy atom. The number of hydrogen-bond acceptors (Lipinski definition) is 4. The normalized spacial score (nSPS) is 13.5. The molecule has 148 valence electrons. The molecule has 0 aliphatic rings. The zero-order valence-corrected chi connectivity index (χ0v) is 17.1. The topological polar surface area (TPSA) is 50.8 Å². The maximum absolute atomic E-state index is 12.7. The molecule has 5 nitrogen and oxygen atoms in total. The van der Waals surface area contributed by atoms with Crippen molar-refractivity contribution in [2.45, 2.75) is 59.5 Å². The van der Waals surface area contributed by atoms with Crippen LogP contribution in [0.4, 0.5) is 5.69 Å². The fraction of sp³-hybridized carbons (Fsp3) is 0.667. The third-order valence-corrected chi connectivity index (χ3v) is 4.63. The largest absolute Gasteiger partial charge is 0.492 e. The van der Waals surface area contributed by atoms with Crippen molar-refractivity contribution < 1.29 is 14.3 Å². The fourth-order valence-electron chi connectivity index (χ4n) is 2.81. The van der Waals surface area contributed by atoms with Crippen LogP contribution in [0.5, 0.6) is 5.75 Å². The molecule has 1 aromatic rings. The van der Waals surface area contributed by atoms with E-state index < -0.39 is 5.60 Å². The monoisotopic (exact) mass is 364 g/mol. The highest BCUT2D eigenvalue weighted by Gasteiger charge is 2.33. The van der Waals surface area contributed by atoms with Gasteiger partial charge in [0.25, 0.3) is 5.91 Å². The van der Waals surface area contributed by atoms with Gasteiger partial charge in [0.05, 0.1) is 0 Å². The number of amides is 1. The summed E-state index contributed by atoms with van der Waals surface area (Å²) in [5.41, 5.74) is -0.0301. The van der Waals surface area contributed by atoms with E-state index in [0.29, 0.717) is 13.2 Å². The van der Waals surface area contributed by atoms with Crippen LogP contribution in [0.1, 0.15) is 53.9 Å². The summed E-state index contributed by atoms with van der Waals surface area (Å²) in [6, 6.07) is 7.53. The van der Waals surface area contributed by atoms with Gasteiger partial charge in [-0.2, -0.15) is 0 Å². The molecule has 0 fully saturated rings. The van der Waals surface area contributed by atoms with E-state index in [1.165, 1.54) is 0 Å². The number of rotatable bonds is 13. The second-order valence-corrected chi connectivity index (χ2v) is 6.62. The fourth-order valence-corrected chi connectivity index (χ4v) is 2.81. The van der Waals surface area contributed by atoms with Crippen LogP contribution >= 0.6 is 0 Å². The van der Waals surface area contributed by atoms with Crippen LogP contribution in [0.3, 0.4) is 0 Å². The summed E-state index contributed by atoms with van der Waals surface area (Å²) in [6.07, 6.45) is 2.72. The number of ether oxygens (including phenoxy) is 2. The van der Waals surface area contributed by atoms with E-state index in [1.807, 2.05) is 38.1 Å². The van der Waals surface area contributed by atoms with Gasteiger partial charge in [-0.25, -0.2) is 0 Å². The average molecular weight is 365 g/mol. The Kier molecular flexibility index (Phi) is 10.3. The second-order valence-electron chi connectivity index (χ2n) is 6.62. The Morgan fingerprint density at radius 2 is 1.77 bits per heavy atom. The van der Waals surface area contributed by atoms with E-state index in [9.17, 15) is 4.79 Å². The lowest BCUT2D eigenvalue weighted by molar-refractivity contribution is -0.139. The number of benzene rings is 1. The van der Waals surface area contributed by atoms with Gasteiger partial charge in [-0.1, -0.05) is 33.6 Å². The number of unbranched alkanes of at least 4 members (excludes halogenated alkanes) is 1. The summed E-state index contributed by atoms with van der Waals surface area (Å²) in [5, 5.41) is 2.97. The van der Waals surface area contributed by atoms with Gasteiger partial charge in [0.2, 0.25) is 0 Å². The lowest BCUT2D eigenvalue weighted by atomic mass is 9.97. The van der Waals surface area contributed by atoms with Crippen molar-refractivity contribution in [1.29, 1.82) is 0 Å². The van der Waals surface area contributed by atoms with Crippen molar-refractivity contribution in [3.63, 3.8) is 0 Å². The van der Waals surface area contributed by atoms with Crippen molar-refractivity contribution in [1.82, 2.24) is 4.90 Å². The van der Waals surface area contributed by atoms with Crippen LogP contribution in [0.15, 0.2) is 24.3 Å². The van der Waals surface area contributed by atoms with Crippen LogP contribution < -0.4 is 10.1 Å². The molecule has 1 N–H and O–H groups in total. The molecular formula is C21H36N2O3. The van der Waals surface area contributed by atoms with Crippen molar-refractivity contribution in [3.05, 3.63) is 24.3 Å². The van der Waals surface area contributed by atoms with Gasteiger partial charge in [0.1, 0.15) is 18.0 Å². The molecule has 0 radical (unpaired) electrons. The molecule has 5 heteroatoms. The Hall–Kier alpha value is -1.59. The minimum atomic E-state index is -0.788. The summed E-state index contributed by atoms with van der Waals surface area (Å²) in [4.78, 5) is 15.0. The molecule has 0 aromatic heterocycles. The first kappa shape index (κ1) is 22.5. The molecule has 1 amide bonds. The van der Waals surface area contributed by atoms with E-state index in [2.05, 4.69) is 31.0 Å². The summed E-state index contributed by atoms with van der Waals surface area (Å²) >= 11 is 0. The SMILES string of the molecule is CCCC[C@@](C)(OCC)C(=O)Nc1ccc(OCCN(CC)CC)cc1. The van der Waals surface area contributed by atoms with Crippen LogP contribution in [-0.2, 0) is 9.53 Å². The number of carbonyl (C=O) groups excluding carboxylic acids is 1. The maximum atomic E-state index is 12.7. The third-order valence-electron chi connectivity index (χ3n) is 4.63. The molecular weight excluding hydrogens is 328 g/mol. The molecule has 1 atom stereocenters. The average Bonchev–Trinajstić information content (AvgIpc) is 2.65. The maximum Gasteiger partial charge on any atom is 0.256 e. The molecule has 0 unspecified atom stereocenters. The standard InChI is InChI=1S/C21H36N2O3/c1-6-10-15-21(5,26-9-4)20(24)22-18-11-13-19(14-12-18)25-17-16-23(7-2)8-3/h11-14H,6-10,15-17H2,1-5H3,(H,22,24)/t21-/m1/s1. The molecule has 0 bridgehead atoms. The van der Waals surface area contributed by atoms with Gasteiger partial charge in [-0.15, -0.1) is 0 Å². The first-order valence-electron chi connectivity index (χ1n) is 9.89. The van der Waals surface area contributed by atoms with Gasteiger partial charge in [-0.05, 0) is 57.6 Å². The highest BCUT2D eigenvalue weighted by atomic mass is 16.5. The minimum Gasteiger partial charge on any atom is -0.492 e. The van der Waals surface area contributed by atoms with E-state index in [-0.39, 0.29) is 5.91 Å². The van der Waals surface area contributed by atoms with Gasteiger partial charge >= 0.3 is 0 Å². The molecule has 0 aliphatic carbocycles. The number of carbonyl (C=O) groups is 1. The van der Waals surface area contributed by atoms with Gasteiger partial charge in [0, 0.05) is 18.8 Å². The van der Waals surface area contributed by atoms with E-state index in [0.717, 1.165) is 50.3 Å². The Labute approximate surface area is 159 Å². The summed E-state index contributed by atoms with van der Waals surface area (Å²) in [6.45, 7) is 14.4. The first-order valence-corrected chi connectivity index (χ1v) is 9.89. The van der Waals surface area contributed by atoms with E-state index in [4.69, 9.17) is 9.47 Å². The highest BCUT2D eigenvalue weighted by molar-refractivity contribution is 5.97. The summed E-state index contributed by atoms with van der Waals surface area (Å²) in [5.74, 6) is 0.719. The molecule has 1 rings (SSSR count). The zero-order valence-electron chi connectivity index (χ0n) is 17.1. The summed E-state index contributed by atoms with van der Waals surface area (Å²) in [7, 11) is 0. The van der Waals surface area contributed by atoms with Gasteiger partial charge in [-0.3, -0.25) is 4.79 Å². The Bertz CT molecular complexity index is 514. The molecule has 0 spiro atoms. The van der Waals surface area contributed by atoms with Crippen molar-refractivity contribution in [3.8, 4) is 5.75 Å². The molecule has 0 heterocycles. The quantitative estimate of drug-likeness (QED) is 0.566. The second kappa shape index (κ2) is 11.9. The van der Waals surface area contributed by atoms with Gasteiger partial charge in [0.15, 0.2) is 0 Å². The van der Waals surface area contributed by atoms with E-state index in [1.54, 1.807) is 0 Å². The van der Waals surface area contributed by atoms with Crippen LogP contribution in [0, 0.1) is 0 Å². The molecule has 1 aromatic carbocycles. The smallest absolute Gasteiger partial charge is 0.256 e. The predicted molar refractivity (Wildman–Crippen MR) is 108 cm³/mol. The lowest BCUT2D eigenvalue weighted by Crippen LogP contribution is -2.42. The first-order chi connectivity index (χ1) is 12.5. The minimum absolute atomic E-state index is 0.0944. The van der Waals surface area contributed by atoms with Crippen LogP contribution in [0.25, 0.3) is 0 Å². The Balaban J connectivity index is 2.58. The number of hydrogen-bond donors (Lipinski definition) is 1. The molecule has 0 saturated carbocycles. The molecule has 0 saturated heterocycles. The molecule has 26 heavy (non-hydrogen) atoms. The lowest BCUT2D eigenvalue weighted by Gasteiger charge is -2.28. The number of anilines is 1. The number of nitrogens with one attached hydrogen (secondary N) is 1.